The van der Waals surface area contributed by atoms with Crippen LogP contribution in [0.5, 0.6) is 11.5 Å². The Bertz CT molecular complexity index is 1670. The molecule has 2 fully saturated rings. The predicted octanol–water partition coefficient (Wildman–Crippen LogP) is 5.38. The highest BCUT2D eigenvalue weighted by molar-refractivity contribution is 7.91. The summed E-state index contributed by atoms with van der Waals surface area (Å²) in [4.78, 5) is 39.4. The Morgan fingerprint density at radius 3 is 2.27 bits per heavy atom. The molecule has 10 nitrogen and oxygen atoms in total. The number of amides is 2. The number of alkyl halides is 6. The highest BCUT2D eigenvalue weighted by Crippen LogP contribution is 2.46. The number of carbonyl (C=O) groups excluding carboxylic acids is 3. The minimum absolute atomic E-state index is 0.00352. The lowest BCUT2D eigenvalue weighted by Crippen LogP contribution is -2.51. The van der Waals surface area contributed by atoms with E-state index in [1.807, 2.05) is 13.8 Å². The number of esters is 1. The van der Waals surface area contributed by atoms with E-state index in [0.717, 1.165) is 6.07 Å². The molecule has 2 amide bonds. The van der Waals surface area contributed by atoms with Crippen molar-refractivity contribution in [3.8, 4) is 11.5 Å². The summed E-state index contributed by atoms with van der Waals surface area (Å²) in [5, 5.41) is 3.73. The molecule has 0 bridgehead atoms. The maximum absolute atomic E-state index is 14.1. The van der Waals surface area contributed by atoms with Crippen molar-refractivity contribution in [2.45, 2.75) is 75.0 Å². The van der Waals surface area contributed by atoms with E-state index in [1.165, 1.54) is 29.2 Å². The van der Waals surface area contributed by atoms with E-state index >= 15 is 0 Å². The second-order valence-corrected chi connectivity index (χ2v) is 14.9. The van der Waals surface area contributed by atoms with Crippen molar-refractivity contribution in [1.29, 1.82) is 0 Å². The number of rotatable bonds is 11. The topological polar surface area (TPSA) is 145 Å². The van der Waals surface area contributed by atoms with Crippen LogP contribution in [0.2, 0.25) is 5.02 Å². The van der Waals surface area contributed by atoms with E-state index in [4.69, 9.17) is 17.3 Å². The van der Waals surface area contributed by atoms with Gasteiger partial charge in [0.2, 0.25) is 11.8 Å². The van der Waals surface area contributed by atoms with Crippen molar-refractivity contribution < 1.29 is 58.6 Å². The molecule has 0 radical (unpaired) electrons. The first-order valence-electron chi connectivity index (χ1n) is 15.2. The first-order valence-corrected chi connectivity index (χ1v) is 17.2. The second kappa shape index (κ2) is 14.7. The number of primary amides is 1. The zero-order chi connectivity index (χ0) is 36.5. The molecule has 2 aromatic carbocycles. The summed E-state index contributed by atoms with van der Waals surface area (Å²) in [7, 11) is -3.92. The number of nitrogens with two attached hydrogens (primary N) is 1. The largest absolute Gasteiger partial charge is 0.573 e. The average molecular weight is 742 g/mol. The number of ether oxygens (including phenoxy) is 2. The molecule has 4 rings (SSSR count). The quantitative estimate of drug-likeness (QED) is 0.178. The summed E-state index contributed by atoms with van der Waals surface area (Å²) in [6, 6.07) is 5.95. The Hall–Kier alpha value is -3.57. The number of carbonyl (C=O) groups is 3. The summed E-state index contributed by atoms with van der Waals surface area (Å²) in [6.07, 6.45) is -10.2. The lowest BCUT2D eigenvalue weighted by Gasteiger charge is -2.41. The number of nitrogens with one attached hydrogen (secondary N) is 1. The Morgan fingerprint density at radius 2 is 1.69 bits per heavy atom. The van der Waals surface area contributed by atoms with E-state index in [1.54, 1.807) is 0 Å². The Labute approximate surface area is 283 Å². The second-order valence-electron chi connectivity index (χ2n) is 12.4. The monoisotopic (exact) mass is 741 g/mol. The van der Waals surface area contributed by atoms with Gasteiger partial charge in [-0.3, -0.25) is 9.59 Å². The van der Waals surface area contributed by atoms with Gasteiger partial charge in [0.25, 0.3) is 0 Å². The molecule has 1 aliphatic heterocycles. The third kappa shape index (κ3) is 9.36. The SMILES string of the molecule is CC(C)CN[C@@H]1CC[C@H](N2CC[C@@H](c3c(C(N)=O)ccc(OC(=O)C(F)(F)F)c3OC(F)(F)F)C2=O)[C@H](CS(=O)(=O)c2ccc(Cl)cc2)C1. The Morgan fingerprint density at radius 1 is 1.04 bits per heavy atom. The first-order chi connectivity index (χ1) is 22.7. The number of hydrogen-bond donors (Lipinski definition) is 2. The van der Waals surface area contributed by atoms with Crippen LogP contribution in [-0.4, -0.2) is 74.6 Å². The fourth-order valence-corrected chi connectivity index (χ4v) is 8.13. The van der Waals surface area contributed by atoms with Gasteiger partial charge in [-0.2, -0.15) is 13.2 Å². The normalized spacial score (nSPS) is 22.0. The zero-order valence-electron chi connectivity index (χ0n) is 26.2. The van der Waals surface area contributed by atoms with Gasteiger partial charge in [0.05, 0.1) is 16.6 Å². The summed E-state index contributed by atoms with van der Waals surface area (Å²) in [5.74, 6) is -10.2. The molecule has 1 heterocycles. The van der Waals surface area contributed by atoms with Crippen molar-refractivity contribution >= 4 is 39.2 Å². The molecular formula is C31H34ClF6N3O7S. The molecule has 1 saturated carbocycles. The molecule has 18 heteroatoms. The lowest BCUT2D eigenvalue weighted by atomic mass is 9.81. The third-order valence-electron chi connectivity index (χ3n) is 8.43. The van der Waals surface area contributed by atoms with Crippen LogP contribution in [0.1, 0.15) is 61.4 Å². The van der Waals surface area contributed by atoms with Crippen LogP contribution in [-0.2, 0) is 19.4 Å². The van der Waals surface area contributed by atoms with Gasteiger partial charge in [0.15, 0.2) is 21.3 Å². The van der Waals surface area contributed by atoms with Gasteiger partial charge < -0.3 is 25.4 Å². The van der Waals surface area contributed by atoms with Gasteiger partial charge in [0, 0.05) is 34.8 Å². The average Bonchev–Trinajstić information content (AvgIpc) is 3.35. The molecular weight excluding hydrogens is 708 g/mol. The molecule has 2 aliphatic rings. The van der Waals surface area contributed by atoms with Crippen LogP contribution >= 0.6 is 11.6 Å². The maximum Gasteiger partial charge on any atom is 0.573 e. The molecule has 0 spiro atoms. The predicted molar refractivity (Wildman–Crippen MR) is 164 cm³/mol. The molecule has 1 saturated heterocycles. The summed E-state index contributed by atoms with van der Waals surface area (Å²) in [5.41, 5.74) is 3.93. The minimum Gasteiger partial charge on any atom is -0.416 e. The first kappa shape index (κ1) is 38.2. The molecule has 49 heavy (non-hydrogen) atoms. The van der Waals surface area contributed by atoms with Crippen LogP contribution < -0.4 is 20.5 Å². The van der Waals surface area contributed by atoms with Crippen molar-refractivity contribution in [2.75, 3.05) is 18.8 Å². The zero-order valence-corrected chi connectivity index (χ0v) is 27.8. The van der Waals surface area contributed by atoms with E-state index in [9.17, 15) is 49.1 Å². The van der Waals surface area contributed by atoms with Crippen LogP contribution in [0, 0.1) is 11.8 Å². The lowest BCUT2D eigenvalue weighted by molar-refractivity contribution is -0.275. The molecule has 2 aromatic rings. The fourth-order valence-electron chi connectivity index (χ4n) is 6.34. The standard InChI is InChI=1S/C31H34ClF6N3O7S/c1-16(2)14-40-19-5-9-23(17(13-19)15-49(45,46)20-6-3-18(32)4-7-20)41-12-11-22(28(41)43)25-21(27(39)42)8-10-24(26(25)48-31(36,37)38)47-29(44)30(33,34)35/h3-4,6-8,10,16-17,19,22-23,40H,5,9,11-15H2,1-2H3,(H2,39,42)/t17-,19+,22-,23-/m0/s1. The van der Waals surface area contributed by atoms with Gasteiger partial charge in [-0.05, 0) is 80.5 Å². The van der Waals surface area contributed by atoms with E-state index in [2.05, 4.69) is 14.8 Å². The molecule has 3 N–H and O–H groups in total. The number of sulfone groups is 1. The van der Waals surface area contributed by atoms with E-state index in [0.29, 0.717) is 36.9 Å². The summed E-state index contributed by atoms with van der Waals surface area (Å²) < 4.78 is 115. The summed E-state index contributed by atoms with van der Waals surface area (Å²) in [6.45, 7) is 4.54. The smallest absolute Gasteiger partial charge is 0.416 e. The number of hydrogen-bond acceptors (Lipinski definition) is 8. The van der Waals surface area contributed by atoms with Crippen molar-refractivity contribution in [3.63, 3.8) is 0 Å². The number of nitrogens with zero attached hydrogens (tertiary/aromatic N) is 1. The van der Waals surface area contributed by atoms with Gasteiger partial charge in [-0.1, -0.05) is 25.4 Å². The molecule has 0 aromatic heterocycles. The summed E-state index contributed by atoms with van der Waals surface area (Å²) >= 11 is 5.93. The van der Waals surface area contributed by atoms with Crippen LogP contribution in [0.15, 0.2) is 41.3 Å². The highest BCUT2D eigenvalue weighted by atomic mass is 35.5. The van der Waals surface area contributed by atoms with E-state index in [-0.39, 0.29) is 35.6 Å². The fraction of sp³-hybridized carbons (Fsp3) is 0.516. The number of benzene rings is 2. The molecule has 4 atom stereocenters. The highest BCUT2D eigenvalue weighted by Gasteiger charge is 2.48. The Balaban J connectivity index is 1.73. The van der Waals surface area contributed by atoms with Crippen LogP contribution in [0.3, 0.4) is 0 Å². The molecule has 1 aliphatic carbocycles. The minimum atomic E-state index is -5.61. The molecule has 0 unspecified atom stereocenters. The van der Waals surface area contributed by atoms with Gasteiger partial charge >= 0.3 is 18.5 Å². The maximum atomic E-state index is 14.1. The van der Waals surface area contributed by atoms with Crippen LogP contribution in [0.4, 0.5) is 26.3 Å². The van der Waals surface area contributed by atoms with Gasteiger partial charge in [-0.25, -0.2) is 13.2 Å². The Kier molecular flexibility index (Phi) is 11.5. The number of halogens is 7. The van der Waals surface area contributed by atoms with Gasteiger partial charge in [0.1, 0.15) is 0 Å². The van der Waals surface area contributed by atoms with Crippen molar-refractivity contribution in [1.82, 2.24) is 10.2 Å². The van der Waals surface area contributed by atoms with E-state index < -0.39 is 80.7 Å². The van der Waals surface area contributed by atoms with Gasteiger partial charge in [-0.15, -0.1) is 13.2 Å². The third-order valence-corrected chi connectivity index (χ3v) is 10.5. The van der Waals surface area contributed by atoms with Crippen molar-refractivity contribution in [2.24, 2.45) is 17.6 Å². The van der Waals surface area contributed by atoms with Crippen molar-refractivity contribution in [3.05, 3.63) is 52.5 Å². The van der Waals surface area contributed by atoms with Crippen LogP contribution in [0.25, 0.3) is 0 Å². The number of likely N-dealkylation sites (tertiary alicyclic amines) is 1. The molecule has 270 valence electrons.